The summed E-state index contributed by atoms with van der Waals surface area (Å²) in [5.41, 5.74) is 3.26. The Morgan fingerprint density at radius 3 is 2.74 bits per heavy atom. The minimum Gasteiger partial charge on any atom is -0.507 e. The number of thioether (sulfide) groups is 1. The highest BCUT2D eigenvalue weighted by Gasteiger charge is 2.35. The number of benzene rings is 3. The lowest BCUT2D eigenvalue weighted by Gasteiger charge is -2.29. The second kappa shape index (κ2) is 11.7. The maximum Gasteiger partial charge on any atom is 0.255 e. The van der Waals surface area contributed by atoms with Gasteiger partial charge in [0.2, 0.25) is 11.1 Å². The predicted octanol–water partition coefficient (Wildman–Crippen LogP) is 7.02. The summed E-state index contributed by atoms with van der Waals surface area (Å²) < 4.78 is 7.92. The summed E-state index contributed by atoms with van der Waals surface area (Å²) in [6.07, 6.45) is 0. The van der Waals surface area contributed by atoms with E-state index in [2.05, 4.69) is 31.5 Å². The standard InChI is InChI=1S/C28H25BrClN5O3S/c1-3-38-23-11-7-6-10-21(23)32-26(37)24-16(2)31-27-33-28(39-15-18-8-4-5-9-20(18)30)34-35(27)25(24)17-12-13-19(29)22(36)14-17/h4-14,25,36H,3,15H2,1-2H3,(H,32,37)(H,31,33,34). The number of phenolic OH excluding ortho intramolecular Hbond substituents is 1. The van der Waals surface area contributed by atoms with Crippen LogP contribution in [0.3, 0.4) is 0 Å². The molecule has 0 saturated heterocycles. The van der Waals surface area contributed by atoms with E-state index in [9.17, 15) is 9.90 Å². The number of aromatic hydroxyl groups is 1. The molecule has 39 heavy (non-hydrogen) atoms. The molecule has 3 aromatic carbocycles. The predicted molar refractivity (Wildman–Crippen MR) is 158 cm³/mol. The van der Waals surface area contributed by atoms with Gasteiger partial charge in [0.25, 0.3) is 5.91 Å². The zero-order chi connectivity index (χ0) is 27.5. The fourth-order valence-corrected chi connectivity index (χ4v) is 5.65. The molecule has 0 fully saturated rings. The molecular formula is C28H25BrClN5O3S. The van der Waals surface area contributed by atoms with Crippen LogP contribution in [0.5, 0.6) is 11.5 Å². The molecule has 0 radical (unpaired) electrons. The summed E-state index contributed by atoms with van der Waals surface area (Å²) in [5, 5.41) is 22.7. The molecular weight excluding hydrogens is 602 g/mol. The van der Waals surface area contributed by atoms with E-state index in [1.54, 1.807) is 22.9 Å². The second-order valence-electron chi connectivity index (χ2n) is 8.70. The Balaban J connectivity index is 1.51. The number of anilines is 2. The average Bonchev–Trinajstić information content (AvgIpc) is 3.32. The van der Waals surface area contributed by atoms with Crippen molar-refractivity contribution >= 4 is 56.8 Å². The molecule has 5 rings (SSSR count). The van der Waals surface area contributed by atoms with Crippen LogP contribution in [0, 0.1) is 0 Å². The van der Waals surface area contributed by atoms with Gasteiger partial charge in [0.05, 0.1) is 22.3 Å². The molecule has 2 heterocycles. The molecule has 1 aromatic heterocycles. The third-order valence-corrected chi connectivity index (χ3v) is 8.04. The molecule has 1 unspecified atom stereocenters. The molecule has 0 aliphatic carbocycles. The number of phenols is 1. The van der Waals surface area contributed by atoms with E-state index >= 15 is 0 Å². The summed E-state index contributed by atoms with van der Waals surface area (Å²) in [6, 6.07) is 19.5. The van der Waals surface area contributed by atoms with E-state index in [1.807, 2.05) is 62.4 Å². The first kappa shape index (κ1) is 27.1. The largest absolute Gasteiger partial charge is 0.507 e. The highest BCUT2D eigenvalue weighted by Crippen LogP contribution is 2.39. The molecule has 200 valence electrons. The number of amides is 1. The van der Waals surface area contributed by atoms with E-state index in [1.165, 1.54) is 11.8 Å². The van der Waals surface area contributed by atoms with E-state index < -0.39 is 6.04 Å². The van der Waals surface area contributed by atoms with Crippen LogP contribution in [0.15, 0.2) is 87.6 Å². The number of fused-ring (bicyclic) bond motifs is 1. The van der Waals surface area contributed by atoms with Gasteiger partial charge >= 0.3 is 0 Å². The van der Waals surface area contributed by atoms with Crippen LogP contribution < -0.4 is 15.4 Å². The van der Waals surface area contributed by atoms with E-state index in [0.29, 0.717) is 61.2 Å². The number of rotatable bonds is 8. The molecule has 1 atom stereocenters. The van der Waals surface area contributed by atoms with Crippen LogP contribution in [0.1, 0.15) is 31.0 Å². The number of ether oxygens (including phenoxy) is 1. The smallest absolute Gasteiger partial charge is 0.255 e. The summed E-state index contributed by atoms with van der Waals surface area (Å²) in [6.45, 7) is 4.18. The summed E-state index contributed by atoms with van der Waals surface area (Å²) >= 11 is 11.1. The third-order valence-electron chi connectivity index (χ3n) is 6.11. The Hall–Kier alpha value is -3.47. The molecule has 1 aliphatic rings. The van der Waals surface area contributed by atoms with Crippen molar-refractivity contribution in [3.05, 3.63) is 98.6 Å². The van der Waals surface area contributed by atoms with Crippen molar-refractivity contribution in [1.29, 1.82) is 0 Å². The molecule has 0 spiro atoms. The SMILES string of the molecule is CCOc1ccccc1NC(=O)C1=C(C)Nc2nc(SCc3ccccc3Cl)nn2C1c1ccc(Br)c(O)c1. The van der Waals surface area contributed by atoms with Gasteiger partial charge in [0, 0.05) is 16.5 Å². The zero-order valence-corrected chi connectivity index (χ0v) is 24.3. The molecule has 0 saturated carbocycles. The van der Waals surface area contributed by atoms with E-state index in [-0.39, 0.29) is 11.7 Å². The van der Waals surface area contributed by atoms with Gasteiger partial charge in [-0.1, -0.05) is 59.8 Å². The van der Waals surface area contributed by atoms with Crippen molar-refractivity contribution in [2.24, 2.45) is 0 Å². The minimum atomic E-state index is -0.651. The maximum atomic E-state index is 13.8. The van der Waals surface area contributed by atoms with Crippen LogP contribution in [0.2, 0.25) is 5.02 Å². The number of halogens is 2. The number of carbonyl (C=O) groups excluding carboxylic acids is 1. The first-order valence-corrected chi connectivity index (χ1v) is 14.3. The van der Waals surface area contributed by atoms with Crippen molar-refractivity contribution < 1.29 is 14.6 Å². The van der Waals surface area contributed by atoms with Crippen LogP contribution in [-0.2, 0) is 10.5 Å². The van der Waals surface area contributed by atoms with Gasteiger partial charge in [-0.3, -0.25) is 4.79 Å². The fourth-order valence-electron chi connectivity index (χ4n) is 4.29. The topological polar surface area (TPSA) is 101 Å². The first-order chi connectivity index (χ1) is 18.9. The van der Waals surface area contributed by atoms with Crippen molar-refractivity contribution in [3.8, 4) is 11.5 Å². The van der Waals surface area contributed by atoms with Gasteiger partial charge < -0.3 is 20.5 Å². The quantitative estimate of drug-likeness (QED) is 0.181. The summed E-state index contributed by atoms with van der Waals surface area (Å²) in [7, 11) is 0. The fraction of sp³-hybridized carbons (Fsp3) is 0.179. The Kier molecular flexibility index (Phi) is 8.15. The Morgan fingerprint density at radius 2 is 1.97 bits per heavy atom. The van der Waals surface area contributed by atoms with Crippen molar-refractivity contribution in [3.63, 3.8) is 0 Å². The summed E-state index contributed by atoms with van der Waals surface area (Å²) in [5.74, 6) is 1.38. The highest BCUT2D eigenvalue weighted by atomic mass is 79.9. The van der Waals surface area contributed by atoms with Crippen LogP contribution in [-0.4, -0.2) is 32.4 Å². The normalized spacial score (nSPS) is 14.5. The number of hydrogen-bond donors (Lipinski definition) is 3. The third kappa shape index (κ3) is 5.78. The maximum absolute atomic E-state index is 13.8. The number of para-hydroxylation sites is 2. The molecule has 3 N–H and O–H groups in total. The van der Waals surface area contributed by atoms with Crippen molar-refractivity contribution in [2.45, 2.75) is 30.8 Å². The van der Waals surface area contributed by atoms with Crippen molar-refractivity contribution in [2.75, 3.05) is 17.2 Å². The lowest BCUT2D eigenvalue weighted by Crippen LogP contribution is -2.31. The van der Waals surface area contributed by atoms with Gasteiger partial charge in [0.1, 0.15) is 17.5 Å². The first-order valence-electron chi connectivity index (χ1n) is 12.2. The molecule has 4 aromatic rings. The average molecular weight is 627 g/mol. The van der Waals surface area contributed by atoms with Gasteiger partial charge in [-0.05, 0) is 71.2 Å². The molecule has 1 amide bonds. The number of nitrogens with one attached hydrogen (secondary N) is 2. The summed E-state index contributed by atoms with van der Waals surface area (Å²) in [4.78, 5) is 18.5. The Bertz CT molecular complexity index is 1570. The van der Waals surface area contributed by atoms with Crippen LogP contribution in [0.4, 0.5) is 11.6 Å². The van der Waals surface area contributed by atoms with Crippen LogP contribution in [0.25, 0.3) is 0 Å². The monoisotopic (exact) mass is 625 g/mol. The lowest BCUT2D eigenvalue weighted by atomic mass is 9.95. The van der Waals surface area contributed by atoms with E-state index in [4.69, 9.17) is 21.4 Å². The second-order valence-corrected chi connectivity index (χ2v) is 10.9. The zero-order valence-electron chi connectivity index (χ0n) is 21.1. The molecule has 0 bridgehead atoms. The Morgan fingerprint density at radius 1 is 1.21 bits per heavy atom. The number of allylic oxidation sites excluding steroid dienone is 1. The van der Waals surface area contributed by atoms with Crippen molar-refractivity contribution in [1.82, 2.24) is 14.8 Å². The van der Waals surface area contributed by atoms with Crippen LogP contribution >= 0.6 is 39.3 Å². The van der Waals surface area contributed by atoms with E-state index in [0.717, 1.165) is 5.56 Å². The minimum absolute atomic E-state index is 0.0557. The molecule has 1 aliphatic heterocycles. The van der Waals surface area contributed by atoms with Gasteiger partial charge in [-0.15, -0.1) is 5.10 Å². The van der Waals surface area contributed by atoms with Gasteiger partial charge in [-0.25, -0.2) is 4.68 Å². The Labute approximate surface area is 243 Å². The molecule has 11 heteroatoms. The number of hydrogen-bond acceptors (Lipinski definition) is 7. The number of aromatic nitrogens is 3. The molecule has 8 nitrogen and oxygen atoms in total. The van der Waals surface area contributed by atoms with Gasteiger partial charge in [0.15, 0.2) is 0 Å². The highest BCUT2D eigenvalue weighted by molar-refractivity contribution is 9.10. The number of carbonyl (C=O) groups is 1. The lowest BCUT2D eigenvalue weighted by molar-refractivity contribution is -0.113. The number of nitrogens with zero attached hydrogens (tertiary/aromatic N) is 3. The van der Waals surface area contributed by atoms with Gasteiger partial charge in [-0.2, -0.15) is 4.98 Å².